The molecule has 2 aromatic rings. The average Bonchev–Trinajstić information content (AvgIpc) is 3.45. The van der Waals surface area contributed by atoms with Crippen LogP contribution in [-0.4, -0.2) is 60.6 Å². The molecule has 0 spiro atoms. The molecule has 1 unspecified atom stereocenters. The third-order valence-corrected chi connectivity index (χ3v) is 6.09. The van der Waals surface area contributed by atoms with E-state index in [1.807, 2.05) is 4.72 Å². The third-order valence-electron chi connectivity index (χ3n) is 4.82. The normalized spacial score (nSPS) is 20.3. The van der Waals surface area contributed by atoms with Gasteiger partial charge in [-0.2, -0.15) is 5.10 Å². The van der Waals surface area contributed by atoms with Crippen LogP contribution in [0, 0.1) is 0 Å². The lowest BCUT2D eigenvalue weighted by molar-refractivity contribution is -0.0884. The van der Waals surface area contributed by atoms with Crippen LogP contribution in [0.3, 0.4) is 0 Å². The van der Waals surface area contributed by atoms with Gasteiger partial charge in [-0.05, 0) is 25.3 Å². The average molecular weight is 430 g/mol. The van der Waals surface area contributed by atoms with Crippen LogP contribution in [0.4, 0.5) is 8.78 Å². The summed E-state index contributed by atoms with van der Waals surface area (Å²) in [6.45, 7) is 1.15. The second-order valence-corrected chi connectivity index (χ2v) is 8.92. The van der Waals surface area contributed by atoms with Crippen LogP contribution < -0.4 is 4.72 Å². The van der Waals surface area contributed by atoms with Gasteiger partial charge in [-0.1, -0.05) is 0 Å². The molecule has 9 nitrogen and oxygen atoms in total. The summed E-state index contributed by atoms with van der Waals surface area (Å²) in [5.41, 5.74) is -0.176. The van der Waals surface area contributed by atoms with E-state index in [2.05, 4.69) is 10.1 Å². The molecule has 3 heterocycles. The summed E-state index contributed by atoms with van der Waals surface area (Å²) in [6.07, 6.45) is -0.282. The van der Waals surface area contributed by atoms with Gasteiger partial charge in [-0.25, -0.2) is 31.4 Å². The first-order valence-corrected chi connectivity index (χ1v) is 10.9. The van der Waals surface area contributed by atoms with Gasteiger partial charge in [0.05, 0.1) is 37.9 Å². The topological polar surface area (TPSA) is 112 Å². The Morgan fingerprint density at radius 1 is 1.34 bits per heavy atom. The predicted molar refractivity (Wildman–Crippen MR) is 96.3 cm³/mol. The molecular weight excluding hydrogens is 410 g/mol. The number of amides is 1. The molecule has 0 bridgehead atoms. The zero-order valence-electron chi connectivity index (χ0n) is 15.4. The zero-order valence-corrected chi connectivity index (χ0v) is 16.2. The second-order valence-electron chi connectivity index (χ2n) is 7.08. The van der Waals surface area contributed by atoms with Gasteiger partial charge in [0.2, 0.25) is 10.0 Å². The van der Waals surface area contributed by atoms with Gasteiger partial charge >= 0.3 is 0 Å². The molecule has 1 saturated heterocycles. The number of ether oxygens (including phenoxy) is 2. The summed E-state index contributed by atoms with van der Waals surface area (Å²) < 4.78 is 64.8. The van der Waals surface area contributed by atoms with E-state index >= 15 is 0 Å². The number of hydrogen-bond donors (Lipinski definition) is 1. The number of fused-ring (bicyclic) bond motifs is 1. The number of sulfonamides is 1. The minimum Gasteiger partial charge on any atom is -0.376 e. The number of rotatable bonds is 7. The first-order chi connectivity index (χ1) is 13.8. The van der Waals surface area contributed by atoms with Crippen molar-refractivity contribution in [2.24, 2.45) is 0 Å². The van der Waals surface area contributed by atoms with E-state index in [1.54, 1.807) is 0 Å². The lowest BCUT2D eigenvalue weighted by atomic mass is 10.2. The molecule has 1 aliphatic heterocycles. The Morgan fingerprint density at radius 3 is 2.79 bits per heavy atom. The lowest BCUT2D eigenvalue weighted by Crippen LogP contribution is -2.36. The number of carbonyl (C=O) groups is 1. The Morgan fingerprint density at radius 2 is 2.14 bits per heavy atom. The van der Waals surface area contributed by atoms with Crippen molar-refractivity contribution in [3.63, 3.8) is 0 Å². The van der Waals surface area contributed by atoms with E-state index < -0.39 is 22.4 Å². The van der Waals surface area contributed by atoms with Gasteiger partial charge in [0.15, 0.2) is 5.65 Å². The van der Waals surface area contributed by atoms with Crippen molar-refractivity contribution < 1.29 is 31.5 Å². The maximum atomic E-state index is 13.4. The number of carbonyl (C=O) groups excluding carboxylic acids is 1. The summed E-state index contributed by atoms with van der Waals surface area (Å²) in [4.78, 5) is 16.8. The van der Waals surface area contributed by atoms with Crippen LogP contribution in [0.25, 0.3) is 5.65 Å². The van der Waals surface area contributed by atoms with Gasteiger partial charge in [0.25, 0.3) is 12.3 Å². The minimum atomic E-state index is -3.96. The Labute approximate surface area is 165 Å². The van der Waals surface area contributed by atoms with Crippen LogP contribution in [0.2, 0.25) is 0 Å². The molecule has 0 radical (unpaired) electrons. The fraction of sp³-hybridized carbons (Fsp3) is 0.588. The predicted octanol–water partition coefficient (Wildman–Crippen LogP) is 1.41. The SMILES string of the molecule is O=C(NS(=O)(=O)CCC1COCCO1)c1cnn2c(C(F)F)cc(C3CC3)nc12. The van der Waals surface area contributed by atoms with E-state index in [1.165, 1.54) is 6.07 Å². The molecule has 2 aromatic heterocycles. The van der Waals surface area contributed by atoms with Gasteiger partial charge in [-0.3, -0.25) is 4.79 Å². The van der Waals surface area contributed by atoms with E-state index in [-0.39, 0.29) is 41.1 Å². The quantitative estimate of drug-likeness (QED) is 0.707. The highest BCUT2D eigenvalue weighted by Gasteiger charge is 2.30. The van der Waals surface area contributed by atoms with Crippen molar-refractivity contribution >= 4 is 21.6 Å². The molecule has 1 aliphatic carbocycles. The molecule has 1 amide bonds. The lowest BCUT2D eigenvalue weighted by Gasteiger charge is -2.22. The van der Waals surface area contributed by atoms with Crippen molar-refractivity contribution in [3.05, 3.63) is 29.2 Å². The van der Waals surface area contributed by atoms with Crippen molar-refractivity contribution in [1.29, 1.82) is 0 Å². The molecular formula is C17H20F2N4O5S. The van der Waals surface area contributed by atoms with Crippen LogP contribution in [0.5, 0.6) is 0 Å². The van der Waals surface area contributed by atoms with E-state index in [4.69, 9.17) is 9.47 Å². The molecule has 2 aliphatic rings. The Hall–Kier alpha value is -2.18. The first-order valence-electron chi connectivity index (χ1n) is 9.25. The first kappa shape index (κ1) is 20.1. The standard InChI is InChI=1S/C17H20F2N4O5S/c18-15(19)14-7-13(10-1-2-10)21-16-12(8-20-23(14)16)17(24)22-29(25,26)6-3-11-9-27-4-5-28-11/h7-8,10-11,15H,1-6,9H2,(H,22,24). The van der Waals surface area contributed by atoms with Crippen molar-refractivity contribution in [3.8, 4) is 0 Å². The van der Waals surface area contributed by atoms with Gasteiger partial charge in [-0.15, -0.1) is 0 Å². The van der Waals surface area contributed by atoms with Crippen molar-refractivity contribution in [2.45, 2.75) is 37.7 Å². The molecule has 158 valence electrons. The highest BCUT2D eigenvalue weighted by atomic mass is 32.2. The molecule has 12 heteroatoms. The Balaban J connectivity index is 1.53. The number of hydrogen-bond acceptors (Lipinski definition) is 7. The summed E-state index contributed by atoms with van der Waals surface area (Å²) in [6, 6.07) is 1.28. The van der Waals surface area contributed by atoms with Crippen LogP contribution in [0.15, 0.2) is 12.3 Å². The van der Waals surface area contributed by atoms with Gasteiger partial charge in [0, 0.05) is 11.6 Å². The highest BCUT2D eigenvalue weighted by molar-refractivity contribution is 7.90. The fourth-order valence-electron chi connectivity index (χ4n) is 3.15. The maximum absolute atomic E-state index is 13.4. The zero-order chi connectivity index (χ0) is 20.6. The fourth-order valence-corrected chi connectivity index (χ4v) is 4.21. The van der Waals surface area contributed by atoms with Crippen LogP contribution in [-0.2, 0) is 19.5 Å². The van der Waals surface area contributed by atoms with Crippen LogP contribution in [0.1, 0.15) is 53.4 Å². The summed E-state index contributed by atoms with van der Waals surface area (Å²) in [7, 11) is -3.96. The Bertz CT molecular complexity index is 1020. The molecule has 1 atom stereocenters. The van der Waals surface area contributed by atoms with E-state index in [0.29, 0.717) is 25.5 Å². The minimum absolute atomic E-state index is 0.0738. The summed E-state index contributed by atoms with van der Waals surface area (Å²) >= 11 is 0. The smallest absolute Gasteiger partial charge is 0.280 e. The number of alkyl halides is 2. The summed E-state index contributed by atoms with van der Waals surface area (Å²) in [5, 5.41) is 3.81. The molecule has 1 saturated carbocycles. The highest BCUT2D eigenvalue weighted by Crippen LogP contribution is 2.40. The third kappa shape index (κ3) is 4.54. The van der Waals surface area contributed by atoms with E-state index in [9.17, 15) is 22.0 Å². The number of nitrogens with one attached hydrogen (secondary N) is 1. The van der Waals surface area contributed by atoms with Gasteiger partial charge < -0.3 is 9.47 Å². The van der Waals surface area contributed by atoms with Gasteiger partial charge in [0.1, 0.15) is 11.3 Å². The summed E-state index contributed by atoms with van der Waals surface area (Å²) in [5.74, 6) is -1.22. The Kier molecular flexibility index (Phi) is 5.49. The maximum Gasteiger partial charge on any atom is 0.280 e. The number of aromatic nitrogens is 3. The largest absolute Gasteiger partial charge is 0.376 e. The number of nitrogens with zero attached hydrogens (tertiary/aromatic N) is 3. The number of halogens is 2. The van der Waals surface area contributed by atoms with Crippen LogP contribution >= 0.6 is 0 Å². The van der Waals surface area contributed by atoms with E-state index in [0.717, 1.165) is 23.6 Å². The molecule has 0 aromatic carbocycles. The molecule has 4 rings (SSSR count). The molecule has 2 fully saturated rings. The van der Waals surface area contributed by atoms with Crippen molar-refractivity contribution in [1.82, 2.24) is 19.3 Å². The molecule has 29 heavy (non-hydrogen) atoms. The molecule has 1 N–H and O–H groups in total. The monoisotopic (exact) mass is 430 g/mol. The second kappa shape index (κ2) is 7.92. The van der Waals surface area contributed by atoms with Crippen molar-refractivity contribution in [2.75, 3.05) is 25.6 Å².